The highest BCUT2D eigenvalue weighted by Gasteiger charge is 2.32. The topological polar surface area (TPSA) is 12.4 Å². The van der Waals surface area contributed by atoms with Crippen LogP contribution in [-0.4, -0.2) is 12.3 Å². The molecule has 1 aromatic rings. The first-order valence-electron chi connectivity index (χ1n) is 8.03. The van der Waals surface area contributed by atoms with Crippen LogP contribution >= 0.6 is 0 Å². The van der Waals surface area contributed by atoms with Crippen LogP contribution < -0.4 is 0 Å². The van der Waals surface area contributed by atoms with Crippen molar-refractivity contribution in [3.05, 3.63) is 47.0 Å². The van der Waals surface area contributed by atoms with E-state index in [4.69, 9.17) is 0 Å². The molecule has 0 aromatic heterocycles. The van der Waals surface area contributed by atoms with Crippen LogP contribution in [-0.2, 0) is 6.18 Å². The number of nitrogens with zero attached hydrogens (tertiary/aromatic N) is 1. The Hall–Kier alpha value is -1.58. The van der Waals surface area contributed by atoms with E-state index in [0.717, 1.165) is 24.8 Å². The lowest BCUT2D eigenvalue weighted by molar-refractivity contribution is -0.138. The number of rotatable bonds is 7. The lowest BCUT2D eigenvalue weighted by Crippen LogP contribution is -2.10. The maximum absolute atomic E-state index is 13.0. The Kier molecular flexibility index (Phi) is 7.04. The van der Waals surface area contributed by atoms with Crippen molar-refractivity contribution in [2.75, 3.05) is 6.54 Å². The summed E-state index contributed by atoms with van der Waals surface area (Å²) in [5.74, 6) is 0.384. The van der Waals surface area contributed by atoms with Gasteiger partial charge in [-0.25, -0.2) is 0 Å². The second kappa shape index (κ2) is 8.32. The monoisotopic (exact) mass is 325 g/mol. The number of hydrogen-bond acceptors (Lipinski definition) is 1. The minimum atomic E-state index is -4.33. The fourth-order valence-corrected chi connectivity index (χ4v) is 2.33. The number of unbranched alkanes of at least 4 members (excludes halogenated alkanes) is 1. The molecule has 1 aromatic carbocycles. The van der Waals surface area contributed by atoms with E-state index in [1.54, 1.807) is 13.0 Å². The van der Waals surface area contributed by atoms with Gasteiger partial charge in [0.25, 0.3) is 0 Å². The Balaban J connectivity index is 2.85. The molecule has 0 N–H and O–H groups in total. The summed E-state index contributed by atoms with van der Waals surface area (Å²) in [5, 5.41) is 0. The highest BCUT2D eigenvalue weighted by atomic mass is 19.4. The lowest BCUT2D eigenvalue weighted by Gasteiger charge is -2.14. The van der Waals surface area contributed by atoms with Crippen LogP contribution in [0.5, 0.6) is 0 Å². The van der Waals surface area contributed by atoms with Crippen molar-refractivity contribution in [2.45, 2.75) is 53.1 Å². The van der Waals surface area contributed by atoms with Crippen LogP contribution in [0.25, 0.3) is 0 Å². The molecule has 0 aliphatic rings. The number of benzene rings is 1. The molecule has 0 aliphatic carbocycles. The molecule has 0 heterocycles. The Labute approximate surface area is 137 Å². The quantitative estimate of drug-likeness (QED) is 0.418. The van der Waals surface area contributed by atoms with Crippen molar-refractivity contribution in [2.24, 2.45) is 10.9 Å². The van der Waals surface area contributed by atoms with Gasteiger partial charge < -0.3 is 0 Å². The van der Waals surface area contributed by atoms with Crippen LogP contribution in [0.2, 0.25) is 0 Å². The Morgan fingerprint density at radius 2 is 1.96 bits per heavy atom. The molecule has 23 heavy (non-hydrogen) atoms. The standard InChI is InChI=1S/C19H26F3N/c1-6-7-8-13(2)15(4)12-23-16(5)17-10-9-14(3)18(11-17)19(20,21)22/h9-11,13H,4,6-8,12H2,1-3,5H3. The van der Waals surface area contributed by atoms with Gasteiger partial charge in [-0.1, -0.05) is 51.0 Å². The molecule has 0 radical (unpaired) electrons. The molecule has 0 amide bonds. The summed E-state index contributed by atoms with van der Waals surface area (Å²) < 4.78 is 38.9. The van der Waals surface area contributed by atoms with E-state index in [1.165, 1.54) is 19.1 Å². The average Bonchev–Trinajstić information content (AvgIpc) is 2.49. The predicted molar refractivity (Wildman–Crippen MR) is 91.1 cm³/mol. The van der Waals surface area contributed by atoms with E-state index in [2.05, 4.69) is 25.4 Å². The first-order valence-corrected chi connectivity index (χ1v) is 8.03. The molecule has 1 atom stereocenters. The zero-order chi connectivity index (χ0) is 17.6. The van der Waals surface area contributed by atoms with Gasteiger partial charge in [-0.05, 0) is 43.4 Å². The SMILES string of the molecule is C=C(CN=C(C)c1ccc(C)c(C(F)(F)F)c1)C(C)CCCC. The van der Waals surface area contributed by atoms with E-state index in [1.807, 2.05) is 0 Å². The summed E-state index contributed by atoms with van der Waals surface area (Å²) in [7, 11) is 0. The van der Waals surface area contributed by atoms with Crippen LogP contribution in [0.3, 0.4) is 0 Å². The summed E-state index contributed by atoms with van der Waals surface area (Å²) in [6, 6.07) is 4.36. The maximum Gasteiger partial charge on any atom is 0.416 e. The third kappa shape index (κ3) is 5.85. The van der Waals surface area contributed by atoms with Gasteiger partial charge >= 0.3 is 6.18 Å². The number of halogens is 3. The van der Waals surface area contributed by atoms with E-state index in [-0.39, 0.29) is 5.56 Å². The van der Waals surface area contributed by atoms with Gasteiger partial charge in [0.1, 0.15) is 0 Å². The van der Waals surface area contributed by atoms with Crippen molar-refractivity contribution in [3.63, 3.8) is 0 Å². The van der Waals surface area contributed by atoms with E-state index in [0.29, 0.717) is 23.7 Å². The van der Waals surface area contributed by atoms with Crippen molar-refractivity contribution in [1.29, 1.82) is 0 Å². The number of aryl methyl sites for hydroxylation is 1. The summed E-state index contributed by atoms with van der Waals surface area (Å²) in [6.07, 6.45) is -0.968. The first-order chi connectivity index (χ1) is 10.7. The smallest absolute Gasteiger partial charge is 0.285 e. The van der Waals surface area contributed by atoms with Gasteiger partial charge in [0.2, 0.25) is 0 Å². The Bertz CT molecular complexity index is 570. The van der Waals surface area contributed by atoms with Gasteiger partial charge in [0.05, 0.1) is 12.1 Å². The second-order valence-corrected chi connectivity index (χ2v) is 6.13. The second-order valence-electron chi connectivity index (χ2n) is 6.13. The van der Waals surface area contributed by atoms with Crippen LogP contribution in [0, 0.1) is 12.8 Å². The number of hydrogen-bond donors (Lipinski definition) is 0. The molecular weight excluding hydrogens is 299 g/mol. The molecule has 0 fully saturated rings. The van der Waals surface area contributed by atoms with Crippen molar-refractivity contribution < 1.29 is 13.2 Å². The summed E-state index contributed by atoms with van der Waals surface area (Å²) in [6.45, 7) is 12.0. The summed E-state index contributed by atoms with van der Waals surface area (Å²) in [4.78, 5) is 4.43. The molecule has 1 rings (SSSR count). The van der Waals surface area contributed by atoms with Gasteiger partial charge in [-0.3, -0.25) is 4.99 Å². The molecule has 0 saturated carbocycles. The van der Waals surface area contributed by atoms with Crippen molar-refractivity contribution in [3.8, 4) is 0 Å². The fourth-order valence-electron chi connectivity index (χ4n) is 2.33. The van der Waals surface area contributed by atoms with Crippen LogP contribution in [0.15, 0.2) is 35.3 Å². The summed E-state index contributed by atoms with van der Waals surface area (Å²) >= 11 is 0. The van der Waals surface area contributed by atoms with Crippen molar-refractivity contribution >= 4 is 5.71 Å². The van der Waals surface area contributed by atoms with E-state index >= 15 is 0 Å². The minimum absolute atomic E-state index is 0.228. The highest BCUT2D eigenvalue weighted by Crippen LogP contribution is 2.32. The highest BCUT2D eigenvalue weighted by molar-refractivity contribution is 5.99. The lowest BCUT2D eigenvalue weighted by atomic mass is 9.96. The van der Waals surface area contributed by atoms with Gasteiger partial charge in [-0.15, -0.1) is 0 Å². The van der Waals surface area contributed by atoms with Gasteiger partial charge in [-0.2, -0.15) is 13.2 Å². The Morgan fingerprint density at radius 3 is 2.52 bits per heavy atom. The summed E-state index contributed by atoms with van der Waals surface area (Å²) in [5.41, 5.74) is 1.78. The van der Waals surface area contributed by atoms with E-state index < -0.39 is 11.7 Å². The third-order valence-corrected chi connectivity index (χ3v) is 4.17. The molecule has 1 unspecified atom stereocenters. The van der Waals surface area contributed by atoms with Crippen LogP contribution in [0.1, 0.15) is 56.7 Å². The molecule has 0 saturated heterocycles. The molecule has 0 aliphatic heterocycles. The van der Waals surface area contributed by atoms with Gasteiger partial charge in [0.15, 0.2) is 0 Å². The maximum atomic E-state index is 13.0. The molecule has 1 nitrogen and oxygen atoms in total. The normalized spacial score (nSPS) is 14.0. The van der Waals surface area contributed by atoms with E-state index in [9.17, 15) is 13.2 Å². The zero-order valence-corrected chi connectivity index (χ0v) is 14.4. The minimum Gasteiger partial charge on any atom is -0.285 e. The zero-order valence-electron chi connectivity index (χ0n) is 14.4. The molecule has 128 valence electrons. The first kappa shape index (κ1) is 19.5. The molecule has 4 heteroatoms. The van der Waals surface area contributed by atoms with Crippen LogP contribution in [0.4, 0.5) is 13.2 Å². The third-order valence-electron chi connectivity index (χ3n) is 4.17. The largest absolute Gasteiger partial charge is 0.416 e. The van der Waals surface area contributed by atoms with Crippen molar-refractivity contribution in [1.82, 2.24) is 0 Å². The number of alkyl halides is 3. The van der Waals surface area contributed by atoms with Gasteiger partial charge in [0, 0.05) is 5.71 Å². The average molecular weight is 325 g/mol. The predicted octanol–water partition coefficient (Wildman–Crippen LogP) is 6.21. The fraction of sp³-hybridized carbons (Fsp3) is 0.526. The molecule has 0 spiro atoms. The Morgan fingerprint density at radius 1 is 1.30 bits per heavy atom. The molecule has 0 bridgehead atoms. The number of aliphatic imine (C=N–C) groups is 1. The molecular formula is C19H26F3N.